The lowest BCUT2D eigenvalue weighted by atomic mass is 10.2. The molecule has 0 saturated carbocycles. The van der Waals surface area contributed by atoms with Crippen molar-refractivity contribution in [2.45, 2.75) is 19.8 Å². The molecule has 0 unspecified atom stereocenters. The van der Waals surface area contributed by atoms with Crippen LogP contribution in [0, 0.1) is 6.92 Å². The van der Waals surface area contributed by atoms with Gasteiger partial charge >= 0.3 is 0 Å². The Morgan fingerprint density at radius 1 is 1.32 bits per heavy atom. The Labute approximate surface area is 132 Å². The number of hydrogen-bond donors (Lipinski definition) is 2. The Hall–Kier alpha value is -0.980. The number of benzene rings is 1. The van der Waals surface area contributed by atoms with Crippen LogP contribution in [0.5, 0.6) is 5.75 Å². The van der Waals surface area contributed by atoms with Gasteiger partial charge in [-0.25, -0.2) is 0 Å². The first-order valence-corrected chi connectivity index (χ1v) is 6.56. The maximum atomic E-state index is 5.65. The quantitative estimate of drug-likeness (QED) is 0.614. The molecule has 0 amide bonds. The van der Waals surface area contributed by atoms with E-state index in [1.165, 1.54) is 5.56 Å². The molecule has 0 bridgehead atoms. The summed E-state index contributed by atoms with van der Waals surface area (Å²) in [7, 11) is 0. The van der Waals surface area contributed by atoms with Crippen LogP contribution in [0.15, 0.2) is 29.3 Å². The molecule has 0 saturated heterocycles. The van der Waals surface area contributed by atoms with Gasteiger partial charge in [-0.1, -0.05) is 17.7 Å². The molecule has 0 atom stereocenters. The first kappa shape index (κ1) is 16.1. The maximum Gasteiger partial charge on any atom is 0.191 e. The van der Waals surface area contributed by atoms with Crippen molar-refractivity contribution in [1.29, 1.82) is 0 Å². The average Bonchev–Trinajstić information content (AvgIpc) is 2.42. The van der Waals surface area contributed by atoms with Crippen molar-refractivity contribution in [2.24, 2.45) is 4.99 Å². The first-order chi connectivity index (χ1) is 8.84. The summed E-state index contributed by atoms with van der Waals surface area (Å²) in [5, 5.41) is 6.51. The van der Waals surface area contributed by atoms with Crippen molar-refractivity contribution in [1.82, 2.24) is 10.6 Å². The molecule has 0 radical (unpaired) electrons. The molecular formula is C14H22IN3O. The van der Waals surface area contributed by atoms with Crippen molar-refractivity contribution >= 4 is 29.9 Å². The minimum Gasteiger partial charge on any atom is -0.494 e. The Morgan fingerprint density at radius 2 is 2.11 bits per heavy atom. The number of nitrogens with zero attached hydrogens (tertiary/aromatic N) is 1. The lowest BCUT2D eigenvalue weighted by Crippen LogP contribution is -2.41. The molecule has 0 fully saturated rings. The molecule has 4 nitrogen and oxygen atoms in total. The van der Waals surface area contributed by atoms with Crippen LogP contribution in [0.1, 0.15) is 18.4 Å². The summed E-state index contributed by atoms with van der Waals surface area (Å²) >= 11 is 0. The van der Waals surface area contributed by atoms with Crippen LogP contribution < -0.4 is 15.4 Å². The SMILES string of the molecule is Cc1ccc(OCCCNC2=NCCCN2)cc1.I. The Balaban J connectivity index is 0.00000180. The zero-order valence-corrected chi connectivity index (χ0v) is 13.6. The van der Waals surface area contributed by atoms with Crippen molar-refractivity contribution < 1.29 is 4.74 Å². The van der Waals surface area contributed by atoms with Gasteiger partial charge in [0.2, 0.25) is 0 Å². The lowest BCUT2D eigenvalue weighted by molar-refractivity contribution is 0.311. The smallest absolute Gasteiger partial charge is 0.191 e. The van der Waals surface area contributed by atoms with Gasteiger partial charge in [0.15, 0.2) is 5.96 Å². The topological polar surface area (TPSA) is 45.6 Å². The zero-order valence-electron chi connectivity index (χ0n) is 11.3. The van der Waals surface area contributed by atoms with E-state index in [9.17, 15) is 0 Å². The predicted molar refractivity (Wildman–Crippen MR) is 89.6 cm³/mol. The van der Waals surface area contributed by atoms with E-state index < -0.39 is 0 Å². The fraction of sp³-hybridized carbons (Fsp3) is 0.500. The summed E-state index contributed by atoms with van der Waals surface area (Å²) in [6, 6.07) is 8.15. The molecule has 1 aliphatic heterocycles. The Morgan fingerprint density at radius 3 is 2.79 bits per heavy atom. The molecule has 0 aromatic heterocycles. The van der Waals surface area contributed by atoms with Crippen molar-refractivity contribution in [3.63, 3.8) is 0 Å². The Bertz CT molecular complexity index is 392. The second-order valence-electron chi connectivity index (χ2n) is 4.45. The van der Waals surface area contributed by atoms with E-state index in [0.717, 1.165) is 50.8 Å². The van der Waals surface area contributed by atoms with E-state index in [2.05, 4.69) is 34.7 Å². The van der Waals surface area contributed by atoms with Crippen LogP contribution in [-0.2, 0) is 0 Å². The highest BCUT2D eigenvalue weighted by molar-refractivity contribution is 14.0. The molecule has 1 aromatic carbocycles. The van der Waals surface area contributed by atoms with Gasteiger partial charge in [-0.2, -0.15) is 0 Å². The molecule has 1 aromatic rings. The molecular weight excluding hydrogens is 353 g/mol. The highest BCUT2D eigenvalue weighted by Crippen LogP contribution is 2.11. The predicted octanol–water partition coefficient (Wildman–Crippen LogP) is 2.32. The van der Waals surface area contributed by atoms with E-state index >= 15 is 0 Å². The minimum atomic E-state index is 0. The van der Waals surface area contributed by atoms with Gasteiger partial charge in [0.1, 0.15) is 5.75 Å². The highest BCUT2D eigenvalue weighted by atomic mass is 127. The van der Waals surface area contributed by atoms with Gasteiger partial charge in [0, 0.05) is 19.6 Å². The van der Waals surface area contributed by atoms with Crippen LogP contribution in [0.3, 0.4) is 0 Å². The summed E-state index contributed by atoms with van der Waals surface area (Å²) in [6.45, 7) is 5.63. The molecule has 19 heavy (non-hydrogen) atoms. The number of ether oxygens (including phenoxy) is 1. The molecule has 5 heteroatoms. The van der Waals surface area contributed by atoms with Gasteiger partial charge in [-0.3, -0.25) is 4.99 Å². The zero-order chi connectivity index (χ0) is 12.6. The summed E-state index contributed by atoms with van der Waals surface area (Å²) < 4.78 is 5.65. The molecule has 1 heterocycles. The van der Waals surface area contributed by atoms with Crippen LogP contribution in [-0.4, -0.2) is 32.2 Å². The van der Waals surface area contributed by atoms with Crippen LogP contribution >= 0.6 is 24.0 Å². The molecule has 0 aliphatic carbocycles. The summed E-state index contributed by atoms with van der Waals surface area (Å²) in [4.78, 5) is 4.35. The van der Waals surface area contributed by atoms with E-state index in [4.69, 9.17) is 4.74 Å². The summed E-state index contributed by atoms with van der Waals surface area (Å²) in [6.07, 6.45) is 2.09. The molecule has 2 N–H and O–H groups in total. The number of aryl methyl sites for hydroxylation is 1. The third-order valence-electron chi connectivity index (χ3n) is 2.80. The summed E-state index contributed by atoms with van der Waals surface area (Å²) in [5.41, 5.74) is 1.26. The second-order valence-corrected chi connectivity index (χ2v) is 4.45. The monoisotopic (exact) mass is 375 g/mol. The van der Waals surface area contributed by atoms with Crippen molar-refractivity contribution in [3.05, 3.63) is 29.8 Å². The van der Waals surface area contributed by atoms with E-state index in [0.29, 0.717) is 0 Å². The normalized spacial score (nSPS) is 13.8. The number of rotatable bonds is 5. The molecule has 0 spiro atoms. The third kappa shape index (κ3) is 6.13. The number of guanidine groups is 1. The number of nitrogens with one attached hydrogen (secondary N) is 2. The summed E-state index contributed by atoms with van der Waals surface area (Å²) in [5.74, 6) is 1.87. The van der Waals surface area contributed by atoms with Crippen molar-refractivity contribution in [2.75, 3.05) is 26.2 Å². The van der Waals surface area contributed by atoms with Crippen LogP contribution in [0.25, 0.3) is 0 Å². The number of halogens is 1. The Kier molecular flexibility index (Phi) is 7.62. The van der Waals surface area contributed by atoms with Crippen LogP contribution in [0.4, 0.5) is 0 Å². The average molecular weight is 375 g/mol. The van der Waals surface area contributed by atoms with E-state index in [1.54, 1.807) is 0 Å². The molecule has 1 aliphatic rings. The van der Waals surface area contributed by atoms with E-state index in [-0.39, 0.29) is 24.0 Å². The molecule has 2 rings (SSSR count). The molecule has 106 valence electrons. The lowest BCUT2D eigenvalue weighted by Gasteiger charge is -2.15. The number of hydrogen-bond acceptors (Lipinski definition) is 4. The van der Waals surface area contributed by atoms with E-state index in [1.807, 2.05) is 12.1 Å². The fourth-order valence-electron chi connectivity index (χ4n) is 1.75. The van der Waals surface area contributed by atoms with Gasteiger partial charge in [0.25, 0.3) is 0 Å². The standard InChI is InChI=1S/C14H21N3O.HI/c1-12-4-6-13(7-5-12)18-11-3-10-17-14-15-8-2-9-16-14;/h4-7H,2-3,8-11H2,1H3,(H2,15,16,17);1H. The van der Waals surface area contributed by atoms with Crippen molar-refractivity contribution in [3.8, 4) is 5.75 Å². The third-order valence-corrected chi connectivity index (χ3v) is 2.80. The maximum absolute atomic E-state index is 5.65. The van der Waals surface area contributed by atoms with Crippen LogP contribution in [0.2, 0.25) is 0 Å². The number of aliphatic imine (C=N–C) groups is 1. The van der Waals surface area contributed by atoms with Gasteiger partial charge in [-0.15, -0.1) is 24.0 Å². The fourth-order valence-corrected chi connectivity index (χ4v) is 1.75. The first-order valence-electron chi connectivity index (χ1n) is 6.56. The van der Waals surface area contributed by atoms with Gasteiger partial charge in [0.05, 0.1) is 6.61 Å². The second kappa shape index (κ2) is 9.01. The highest BCUT2D eigenvalue weighted by Gasteiger charge is 2.01. The minimum absolute atomic E-state index is 0. The largest absolute Gasteiger partial charge is 0.494 e. The van der Waals surface area contributed by atoms with Gasteiger partial charge < -0.3 is 15.4 Å². The van der Waals surface area contributed by atoms with Gasteiger partial charge in [-0.05, 0) is 31.9 Å².